The Hall–Kier alpha value is -2.94. The number of hydrogen-bond acceptors (Lipinski definition) is 6. The summed E-state index contributed by atoms with van der Waals surface area (Å²) in [6.45, 7) is 2.15. The minimum Gasteiger partial charge on any atom is -0.508 e. The van der Waals surface area contributed by atoms with Crippen molar-refractivity contribution in [2.45, 2.75) is 51.0 Å². The van der Waals surface area contributed by atoms with Crippen LogP contribution >= 0.6 is 28.5 Å². The van der Waals surface area contributed by atoms with Crippen molar-refractivity contribution in [3.8, 4) is 28.5 Å². The average Bonchev–Trinajstić information content (AvgIpc) is 3.28. The molecule has 9 heteroatoms. The summed E-state index contributed by atoms with van der Waals surface area (Å²) in [5.74, 6) is 1.71. The van der Waals surface area contributed by atoms with Crippen LogP contribution in [0.4, 0.5) is 0 Å². The van der Waals surface area contributed by atoms with E-state index in [4.69, 9.17) is 14.0 Å². The Labute approximate surface area is 262 Å². The lowest BCUT2D eigenvalue weighted by molar-refractivity contribution is 0.114. The summed E-state index contributed by atoms with van der Waals surface area (Å²) in [5.41, 5.74) is 4.67. The molecule has 1 unspecified atom stereocenters. The highest BCUT2D eigenvalue weighted by atomic mass is 127. The van der Waals surface area contributed by atoms with Crippen LogP contribution in [-0.2, 0) is 11.6 Å². The van der Waals surface area contributed by atoms with E-state index in [1.54, 1.807) is 18.2 Å². The lowest BCUT2D eigenvalue weighted by Gasteiger charge is -2.25. The molecule has 0 spiro atoms. The Balaban J connectivity index is 0.000000183. The minimum atomic E-state index is 0.249. The molecular formula is C33H37IN3O4P. The molecule has 1 N–H and O–H groups in total. The summed E-state index contributed by atoms with van der Waals surface area (Å²) in [6.07, 6.45) is 14.1. The van der Waals surface area contributed by atoms with Gasteiger partial charge in [0.15, 0.2) is 0 Å². The maximum absolute atomic E-state index is 9.24. The molecule has 0 bridgehead atoms. The Bertz CT molecular complexity index is 1570. The number of ether oxygens (including phenoxy) is 2. The van der Waals surface area contributed by atoms with Crippen LogP contribution in [0, 0.1) is 0 Å². The number of rotatable bonds is 12. The van der Waals surface area contributed by atoms with Crippen molar-refractivity contribution in [3.05, 3.63) is 79.3 Å². The number of aromatic hydroxyl groups is 1. The van der Waals surface area contributed by atoms with Crippen molar-refractivity contribution in [2.24, 2.45) is 7.05 Å². The highest BCUT2D eigenvalue weighted by Crippen LogP contribution is 2.32. The van der Waals surface area contributed by atoms with Gasteiger partial charge in [-0.1, -0.05) is 24.6 Å². The SMILES string of the molecule is Cn1c2ccncc2c2ccc(-c3ccc(OC4CCC4)nc3)cc21.Oc1cccc(OCCCCCCOPI)c1. The van der Waals surface area contributed by atoms with Crippen molar-refractivity contribution in [1.29, 1.82) is 0 Å². The number of phenols is 1. The molecular weight excluding hydrogens is 660 g/mol. The number of halogens is 1. The van der Waals surface area contributed by atoms with Crippen LogP contribution in [-0.4, -0.2) is 39.0 Å². The predicted octanol–water partition coefficient (Wildman–Crippen LogP) is 9.01. The van der Waals surface area contributed by atoms with E-state index >= 15 is 0 Å². The summed E-state index contributed by atoms with van der Waals surface area (Å²) in [7, 11) is 2.10. The fourth-order valence-corrected chi connectivity index (χ4v) is 5.83. The number of phenolic OH excluding ortho intramolecular Hbond substituents is 1. The highest BCUT2D eigenvalue weighted by Gasteiger charge is 2.19. The standard InChI is InChI=1S/C21H19N3O.C12H18IO3P/c1-24-19-9-10-22-13-18(19)17-7-5-14(11-20(17)24)15-6-8-21(23-12-15)25-16-3-2-4-16;13-17-16-9-4-2-1-3-8-15-12-7-5-6-11(14)10-12/h5-13,16H,2-4H2,1H3;5-7,10,14,17H,1-4,8-9H2. The van der Waals surface area contributed by atoms with Crippen molar-refractivity contribution in [1.82, 2.24) is 14.5 Å². The van der Waals surface area contributed by atoms with E-state index in [1.165, 1.54) is 34.6 Å². The average molecular weight is 698 g/mol. The fraction of sp³-hybridized carbons (Fsp3) is 0.333. The Morgan fingerprint density at radius 1 is 0.905 bits per heavy atom. The van der Waals surface area contributed by atoms with Gasteiger partial charge in [0.25, 0.3) is 0 Å². The smallest absolute Gasteiger partial charge is 0.213 e. The zero-order valence-corrected chi connectivity index (χ0v) is 27.0. The first-order valence-electron chi connectivity index (χ1n) is 14.5. The summed E-state index contributed by atoms with van der Waals surface area (Å²) < 4.78 is 18.9. The molecule has 3 heterocycles. The third-order valence-corrected chi connectivity index (χ3v) is 8.75. The molecule has 0 radical (unpaired) electrons. The first kappa shape index (κ1) is 30.5. The van der Waals surface area contributed by atoms with Gasteiger partial charge < -0.3 is 23.7 Å². The Kier molecular flexibility index (Phi) is 11.3. The topological polar surface area (TPSA) is 78.6 Å². The Morgan fingerprint density at radius 3 is 2.48 bits per heavy atom. The Morgan fingerprint density at radius 2 is 1.74 bits per heavy atom. The van der Waals surface area contributed by atoms with E-state index in [1.807, 2.05) is 30.7 Å². The zero-order valence-electron chi connectivity index (χ0n) is 23.8. The first-order valence-corrected chi connectivity index (χ1v) is 18.5. The van der Waals surface area contributed by atoms with Crippen LogP contribution in [0.2, 0.25) is 0 Å². The predicted molar refractivity (Wildman–Crippen MR) is 180 cm³/mol. The lowest BCUT2D eigenvalue weighted by Crippen LogP contribution is -2.24. The minimum absolute atomic E-state index is 0.249. The summed E-state index contributed by atoms with van der Waals surface area (Å²) in [5, 5.41) is 11.7. The summed E-state index contributed by atoms with van der Waals surface area (Å²) in [4.78, 5) is 8.75. The molecule has 6 rings (SSSR count). The van der Waals surface area contributed by atoms with Gasteiger partial charge in [0.05, 0.1) is 25.2 Å². The van der Waals surface area contributed by atoms with Crippen molar-refractivity contribution >= 4 is 50.3 Å². The third-order valence-electron chi connectivity index (χ3n) is 7.50. The second kappa shape index (κ2) is 15.5. The van der Waals surface area contributed by atoms with Gasteiger partial charge in [0, 0.05) is 59.6 Å². The van der Waals surface area contributed by atoms with Gasteiger partial charge in [-0.15, -0.1) is 0 Å². The van der Waals surface area contributed by atoms with Crippen LogP contribution < -0.4 is 9.47 Å². The van der Waals surface area contributed by atoms with E-state index < -0.39 is 0 Å². The number of unbranched alkanes of at least 4 members (excludes halogenated alkanes) is 3. The number of fused-ring (bicyclic) bond motifs is 3. The van der Waals surface area contributed by atoms with Gasteiger partial charge in [-0.05, 0) is 96.5 Å². The summed E-state index contributed by atoms with van der Waals surface area (Å²) >= 11 is 2.24. The highest BCUT2D eigenvalue weighted by molar-refractivity contribution is 14.2. The summed E-state index contributed by atoms with van der Waals surface area (Å²) in [6, 6.07) is 19.6. The molecule has 0 amide bonds. The molecule has 7 nitrogen and oxygen atoms in total. The molecule has 2 aromatic carbocycles. The van der Waals surface area contributed by atoms with E-state index in [9.17, 15) is 5.11 Å². The molecule has 3 aromatic heterocycles. The van der Waals surface area contributed by atoms with Crippen LogP contribution in [0.3, 0.4) is 0 Å². The zero-order chi connectivity index (χ0) is 29.1. The fourth-order valence-electron chi connectivity index (χ4n) is 4.95. The molecule has 5 aromatic rings. The van der Waals surface area contributed by atoms with E-state index in [2.05, 4.69) is 74.0 Å². The molecule has 1 saturated carbocycles. The van der Waals surface area contributed by atoms with E-state index in [0.29, 0.717) is 19.2 Å². The van der Waals surface area contributed by atoms with E-state index in [0.717, 1.165) is 61.5 Å². The van der Waals surface area contributed by atoms with Crippen molar-refractivity contribution in [3.63, 3.8) is 0 Å². The van der Waals surface area contributed by atoms with Gasteiger partial charge in [0.1, 0.15) is 17.6 Å². The lowest BCUT2D eigenvalue weighted by atomic mass is 9.96. The van der Waals surface area contributed by atoms with Gasteiger partial charge in [-0.3, -0.25) is 4.98 Å². The van der Waals surface area contributed by atoms with E-state index in [-0.39, 0.29) is 5.75 Å². The van der Waals surface area contributed by atoms with Gasteiger partial charge in [-0.25, -0.2) is 4.98 Å². The normalized spacial score (nSPS) is 13.3. The molecule has 0 aliphatic heterocycles. The molecule has 1 aliphatic rings. The molecule has 42 heavy (non-hydrogen) atoms. The van der Waals surface area contributed by atoms with Crippen molar-refractivity contribution in [2.75, 3.05) is 13.2 Å². The monoisotopic (exact) mass is 697 g/mol. The quantitative estimate of drug-likeness (QED) is 0.0797. The van der Waals surface area contributed by atoms with Gasteiger partial charge >= 0.3 is 0 Å². The molecule has 1 atom stereocenters. The first-order chi connectivity index (χ1) is 20.6. The van der Waals surface area contributed by atoms with Gasteiger partial charge in [-0.2, -0.15) is 0 Å². The van der Waals surface area contributed by atoms with Crippen LogP contribution in [0.1, 0.15) is 44.9 Å². The number of benzene rings is 2. The maximum Gasteiger partial charge on any atom is 0.213 e. The second-order valence-corrected chi connectivity index (χ2v) is 12.2. The number of nitrogens with zero attached hydrogens (tertiary/aromatic N) is 3. The number of pyridine rings is 2. The second-order valence-electron chi connectivity index (χ2n) is 10.4. The third kappa shape index (κ3) is 8.12. The van der Waals surface area contributed by atoms with Crippen LogP contribution in [0.25, 0.3) is 32.9 Å². The molecule has 0 saturated heterocycles. The van der Waals surface area contributed by atoms with Crippen molar-refractivity contribution < 1.29 is 19.1 Å². The molecule has 220 valence electrons. The number of hydrogen-bond donors (Lipinski definition) is 1. The molecule has 1 fully saturated rings. The number of aromatic nitrogens is 3. The molecule has 1 aliphatic carbocycles. The maximum atomic E-state index is 9.24. The van der Waals surface area contributed by atoms with Crippen LogP contribution in [0.5, 0.6) is 17.4 Å². The van der Waals surface area contributed by atoms with Gasteiger partial charge in [0.2, 0.25) is 5.88 Å². The largest absolute Gasteiger partial charge is 0.508 e. The number of aryl methyl sites for hydroxylation is 1. The van der Waals surface area contributed by atoms with Crippen LogP contribution in [0.15, 0.2) is 79.3 Å².